The van der Waals surface area contributed by atoms with Gasteiger partial charge < -0.3 is 4.90 Å². The van der Waals surface area contributed by atoms with Gasteiger partial charge in [0.1, 0.15) is 0 Å². The van der Waals surface area contributed by atoms with Crippen molar-refractivity contribution in [2.75, 3.05) is 18.8 Å². The molecule has 0 saturated heterocycles. The minimum Gasteiger partial charge on any atom is -0.301 e. The molecule has 0 bridgehead atoms. The number of nitrogens with two attached hydrogens (primary N) is 1. The summed E-state index contributed by atoms with van der Waals surface area (Å²) >= 11 is 0. The molecule has 0 fully saturated rings. The topological polar surface area (TPSA) is 63.4 Å². The van der Waals surface area contributed by atoms with Crippen molar-refractivity contribution in [2.45, 2.75) is 40.2 Å². The van der Waals surface area contributed by atoms with Crippen LogP contribution in [0, 0.1) is 5.92 Å². The predicted octanol–water partition coefficient (Wildman–Crippen LogP) is 1.03. The maximum Gasteiger partial charge on any atom is 0.209 e. The second-order valence-corrected chi connectivity index (χ2v) is 6.44. The van der Waals surface area contributed by atoms with Crippen LogP contribution in [0.4, 0.5) is 0 Å². The molecule has 0 heterocycles. The van der Waals surface area contributed by atoms with Gasteiger partial charge in [-0.15, -0.1) is 0 Å². The molecule has 0 saturated carbocycles. The molecule has 15 heavy (non-hydrogen) atoms. The van der Waals surface area contributed by atoms with Gasteiger partial charge in [0.15, 0.2) is 0 Å². The summed E-state index contributed by atoms with van der Waals surface area (Å²) < 4.78 is 21.5. The fraction of sp³-hybridized carbons (Fsp3) is 1.00. The Hall–Kier alpha value is -0.130. The van der Waals surface area contributed by atoms with E-state index in [-0.39, 0.29) is 5.75 Å². The highest BCUT2D eigenvalue weighted by atomic mass is 32.2. The summed E-state index contributed by atoms with van der Waals surface area (Å²) in [6, 6.07) is 0.452. The molecule has 0 aliphatic rings. The van der Waals surface area contributed by atoms with Crippen molar-refractivity contribution >= 4 is 10.0 Å². The Morgan fingerprint density at radius 2 is 1.73 bits per heavy atom. The Labute approximate surface area is 93.9 Å². The summed E-state index contributed by atoms with van der Waals surface area (Å²) in [5.41, 5.74) is 0. The van der Waals surface area contributed by atoms with Gasteiger partial charge in [0.2, 0.25) is 10.0 Å². The molecular weight excluding hydrogens is 212 g/mol. The quantitative estimate of drug-likeness (QED) is 0.718. The number of primary sulfonamides is 1. The molecule has 4 nitrogen and oxygen atoms in total. The smallest absolute Gasteiger partial charge is 0.209 e. The number of nitrogens with zero attached hydrogens (tertiary/aromatic N) is 1. The molecule has 0 rings (SSSR count). The Morgan fingerprint density at radius 3 is 2.07 bits per heavy atom. The van der Waals surface area contributed by atoms with Gasteiger partial charge in [0.05, 0.1) is 5.75 Å². The van der Waals surface area contributed by atoms with Crippen molar-refractivity contribution in [1.29, 1.82) is 0 Å². The van der Waals surface area contributed by atoms with Gasteiger partial charge in [-0.3, -0.25) is 0 Å². The first-order valence-electron chi connectivity index (χ1n) is 5.47. The largest absolute Gasteiger partial charge is 0.301 e. The minimum atomic E-state index is -3.30. The Kier molecular flexibility index (Phi) is 6.40. The van der Waals surface area contributed by atoms with Gasteiger partial charge in [0, 0.05) is 12.6 Å². The van der Waals surface area contributed by atoms with Gasteiger partial charge in [-0.25, -0.2) is 13.6 Å². The van der Waals surface area contributed by atoms with E-state index in [2.05, 4.69) is 32.6 Å². The number of sulfonamides is 1. The third-order valence-electron chi connectivity index (χ3n) is 2.20. The number of hydrogen-bond acceptors (Lipinski definition) is 3. The fourth-order valence-corrected chi connectivity index (χ4v) is 2.03. The zero-order valence-electron chi connectivity index (χ0n) is 10.2. The van der Waals surface area contributed by atoms with E-state index in [0.717, 1.165) is 13.1 Å². The third kappa shape index (κ3) is 8.84. The Balaban J connectivity index is 3.97. The molecule has 0 radical (unpaired) electrons. The molecule has 0 aromatic carbocycles. The molecule has 0 aromatic rings. The van der Waals surface area contributed by atoms with E-state index in [1.165, 1.54) is 0 Å². The summed E-state index contributed by atoms with van der Waals surface area (Å²) in [5, 5.41) is 4.95. The van der Waals surface area contributed by atoms with E-state index in [4.69, 9.17) is 5.14 Å². The minimum absolute atomic E-state index is 0.0777. The van der Waals surface area contributed by atoms with Gasteiger partial charge in [-0.05, 0) is 32.7 Å². The molecule has 2 N–H and O–H groups in total. The first kappa shape index (κ1) is 14.9. The van der Waals surface area contributed by atoms with Crippen molar-refractivity contribution < 1.29 is 8.42 Å². The van der Waals surface area contributed by atoms with E-state index in [1.807, 2.05) is 0 Å². The summed E-state index contributed by atoms with van der Waals surface area (Å²) in [4.78, 5) is 2.29. The van der Waals surface area contributed by atoms with E-state index in [0.29, 0.717) is 18.4 Å². The number of rotatable bonds is 7. The van der Waals surface area contributed by atoms with Gasteiger partial charge in [0.25, 0.3) is 0 Å². The van der Waals surface area contributed by atoms with Crippen LogP contribution in [0.25, 0.3) is 0 Å². The van der Waals surface area contributed by atoms with Gasteiger partial charge in [-0.2, -0.15) is 0 Å². The molecule has 92 valence electrons. The second-order valence-electron chi connectivity index (χ2n) is 4.70. The SMILES string of the molecule is CC(C)CN(CCCS(N)(=O)=O)C(C)C. The summed E-state index contributed by atoms with van der Waals surface area (Å²) in [5.74, 6) is 0.677. The van der Waals surface area contributed by atoms with Crippen LogP contribution in [-0.4, -0.2) is 38.2 Å². The first-order chi connectivity index (χ1) is 6.72. The van der Waals surface area contributed by atoms with Crippen LogP contribution in [0.3, 0.4) is 0 Å². The average molecular weight is 236 g/mol. The lowest BCUT2D eigenvalue weighted by Gasteiger charge is -2.27. The van der Waals surface area contributed by atoms with Crippen LogP contribution in [0.15, 0.2) is 0 Å². The lowest BCUT2D eigenvalue weighted by molar-refractivity contribution is 0.198. The second kappa shape index (κ2) is 6.45. The molecule has 0 aromatic heterocycles. The monoisotopic (exact) mass is 236 g/mol. The van der Waals surface area contributed by atoms with E-state index >= 15 is 0 Å². The van der Waals surface area contributed by atoms with E-state index < -0.39 is 10.0 Å². The van der Waals surface area contributed by atoms with Crippen LogP contribution < -0.4 is 5.14 Å². The molecule has 0 unspecified atom stereocenters. The van der Waals surface area contributed by atoms with Crippen LogP contribution in [0.2, 0.25) is 0 Å². The molecule has 0 atom stereocenters. The van der Waals surface area contributed by atoms with Crippen molar-refractivity contribution in [1.82, 2.24) is 4.90 Å². The van der Waals surface area contributed by atoms with Crippen LogP contribution in [0.5, 0.6) is 0 Å². The zero-order valence-corrected chi connectivity index (χ0v) is 11.0. The predicted molar refractivity (Wildman–Crippen MR) is 64.1 cm³/mol. The molecule has 0 aliphatic heterocycles. The fourth-order valence-electron chi connectivity index (χ4n) is 1.50. The molecule has 0 amide bonds. The van der Waals surface area contributed by atoms with Crippen LogP contribution in [0.1, 0.15) is 34.1 Å². The Morgan fingerprint density at radius 1 is 1.20 bits per heavy atom. The van der Waals surface area contributed by atoms with Gasteiger partial charge >= 0.3 is 0 Å². The lowest BCUT2D eigenvalue weighted by Crippen LogP contribution is -2.36. The highest BCUT2D eigenvalue weighted by Crippen LogP contribution is 2.05. The standard InChI is InChI=1S/C10H24N2O2S/c1-9(2)8-12(10(3)4)6-5-7-15(11,13)14/h9-10H,5-8H2,1-4H3,(H2,11,13,14). The van der Waals surface area contributed by atoms with Crippen molar-refractivity contribution in [3.63, 3.8) is 0 Å². The molecular formula is C10H24N2O2S. The van der Waals surface area contributed by atoms with Crippen LogP contribution in [-0.2, 0) is 10.0 Å². The summed E-state index contributed by atoms with van der Waals surface area (Å²) in [6.07, 6.45) is 0.615. The molecule has 5 heteroatoms. The average Bonchev–Trinajstić information content (AvgIpc) is 1.99. The maximum absolute atomic E-state index is 10.8. The van der Waals surface area contributed by atoms with Crippen molar-refractivity contribution in [2.24, 2.45) is 11.1 Å². The maximum atomic E-state index is 10.8. The summed E-state index contributed by atoms with van der Waals surface area (Å²) in [6.45, 7) is 10.4. The van der Waals surface area contributed by atoms with Gasteiger partial charge in [-0.1, -0.05) is 13.8 Å². The van der Waals surface area contributed by atoms with Crippen molar-refractivity contribution in [3.05, 3.63) is 0 Å². The van der Waals surface area contributed by atoms with E-state index in [9.17, 15) is 8.42 Å². The van der Waals surface area contributed by atoms with Crippen LogP contribution >= 0.6 is 0 Å². The van der Waals surface area contributed by atoms with Crippen molar-refractivity contribution in [3.8, 4) is 0 Å². The number of hydrogen-bond donors (Lipinski definition) is 1. The molecule has 0 aliphatic carbocycles. The zero-order chi connectivity index (χ0) is 12.1. The Bertz CT molecular complexity index is 261. The lowest BCUT2D eigenvalue weighted by atomic mass is 10.1. The highest BCUT2D eigenvalue weighted by molar-refractivity contribution is 7.89. The third-order valence-corrected chi connectivity index (χ3v) is 3.06. The molecule has 0 spiro atoms. The van der Waals surface area contributed by atoms with E-state index in [1.54, 1.807) is 0 Å². The first-order valence-corrected chi connectivity index (χ1v) is 7.18. The summed E-state index contributed by atoms with van der Waals surface area (Å²) in [7, 11) is -3.30. The highest BCUT2D eigenvalue weighted by Gasteiger charge is 2.12. The normalized spacial score (nSPS) is 13.1.